The molecule has 22 heavy (non-hydrogen) atoms. The van der Waals surface area contributed by atoms with Crippen molar-refractivity contribution in [3.8, 4) is 0 Å². The lowest BCUT2D eigenvalue weighted by molar-refractivity contribution is 0.0951. The van der Waals surface area contributed by atoms with Crippen LogP contribution in [0.3, 0.4) is 0 Å². The molecule has 1 fully saturated rings. The van der Waals surface area contributed by atoms with E-state index in [1.807, 2.05) is 12.3 Å². The Hall–Kier alpha value is -1.43. The molecule has 116 valence electrons. The standard InChI is InChI=1S/C16H18ClN3OS/c17-15-4-3-14(22-15)16(21)19-9-13-5-7-20(11-13)10-12-2-1-6-18-8-12/h1-4,6,8,13H,5,7,9-11H2,(H,19,21)/t13-/m0/s1. The number of carbonyl (C=O) groups is 1. The lowest BCUT2D eigenvalue weighted by atomic mass is 10.1. The summed E-state index contributed by atoms with van der Waals surface area (Å²) >= 11 is 7.17. The van der Waals surface area contributed by atoms with Crippen molar-refractivity contribution < 1.29 is 4.79 Å². The van der Waals surface area contributed by atoms with Gasteiger partial charge in [-0.05, 0) is 42.6 Å². The summed E-state index contributed by atoms with van der Waals surface area (Å²) in [5.41, 5.74) is 1.24. The van der Waals surface area contributed by atoms with E-state index in [4.69, 9.17) is 11.6 Å². The molecule has 6 heteroatoms. The molecular weight excluding hydrogens is 318 g/mol. The highest BCUT2D eigenvalue weighted by molar-refractivity contribution is 7.17. The van der Waals surface area contributed by atoms with E-state index in [0.717, 1.165) is 32.6 Å². The number of aromatic nitrogens is 1. The molecule has 4 nitrogen and oxygen atoms in total. The van der Waals surface area contributed by atoms with Gasteiger partial charge in [-0.25, -0.2) is 0 Å². The lowest BCUT2D eigenvalue weighted by Crippen LogP contribution is -2.30. The Balaban J connectivity index is 1.44. The molecule has 1 saturated heterocycles. The largest absolute Gasteiger partial charge is 0.351 e. The van der Waals surface area contributed by atoms with E-state index in [-0.39, 0.29) is 5.91 Å². The van der Waals surface area contributed by atoms with Crippen LogP contribution in [0.1, 0.15) is 21.7 Å². The minimum atomic E-state index is -0.0254. The Morgan fingerprint density at radius 2 is 2.36 bits per heavy atom. The van der Waals surface area contributed by atoms with E-state index in [2.05, 4.69) is 21.3 Å². The van der Waals surface area contributed by atoms with Crippen LogP contribution in [-0.2, 0) is 6.54 Å². The molecule has 3 rings (SSSR count). The predicted octanol–water partition coefficient (Wildman–Crippen LogP) is 3.05. The molecule has 1 atom stereocenters. The number of halogens is 1. The summed E-state index contributed by atoms with van der Waals surface area (Å²) in [5.74, 6) is 0.485. The van der Waals surface area contributed by atoms with Crippen LogP contribution in [0.25, 0.3) is 0 Å². The number of rotatable bonds is 5. The quantitative estimate of drug-likeness (QED) is 0.913. The molecule has 2 aromatic heterocycles. The van der Waals surface area contributed by atoms with Crippen molar-refractivity contribution >= 4 is 28.8 Å². The Morgan fingerprint density at radius 3 is 3.09 bits per heavy atom. The summed E-state index contributed by atoms with van der Waals surface area (Å²) in [6.45, 7) is 3.73. The maximum atomic E-state index is 12.0. The zero-order chi connectivity index (χ0) is 15.4. The van der Waals surface area contributed by atoms with E-state index < -0.39 is 0 Å². The molecule has 1 amide bonds. The van der Waals surface area contributed by atoms with E-state index in [9.17, 15) is 4.79 Å². The maximum absolute atomic E-state index is 12.0. The van der Waals surface area contributed by atoms with Gasteiger partial charge < -0.3 is 5.32 Å². The highest BCUT2D eigenvalue weighted by Crippen LogP contribution is 2.22. The molecule has 0 unspecified atom stereocenters. The van der Waals surface area contributed by atoms with Gasteiger partial charge in [-0.1, -0.05) is 17.7 Å². The second kappa shape index (κ2) is 7.22. The fraction of sp³-hybridized carbons (Fsp3) is 0.375. The van der Waals surface area contributed by atoms with Crippen molar-refractivity contribution in [2.24, 2.45) is 5.92 Å². The van der Waals surface area contributed by atoms with Crippen LogP contribution >= 0.6 is 22.9 Å². The second-order valence-electron chi connectivity index (χ2n) is 5.56. The lowest BCUT2D eigenvalue weighted by Gasteiger charge is -2.16. The summed E-state index contributed by atoms with van der Waals surface area (Å²) in [7, 11) is 0. The van der Waals surface area contributed by atoms with Gasteiger partial charge in [-0.15, -0.1) is 11.3 Å². The van der Waals surface area contributed by atoms with Gasteiger partial charge in [0.2, 0.25) is 0 Å². The Kier molecular flexibility index (Phi) is 5.08. The Labute approximate surface area is 139 Å². The maximum Gasteiger partial charge on any atom is 0.261 e. The normalized spacial score (nSPS) is 18.5. The number of carbonyl (C=O) groups excluding carboxylic acids is 1. The number of nitrogens with zero attached hydrogens (tertiary/aromatic N) is 2. The average molecular weight is 336 g/mol. The molecule has 0 spiro atoms. The Morgan fingerprint density at radius 1 is 1.45 bits per heavy atom. The van der Waals surface area contributed by atoms with Crippen LogP contribution in [0.4, 0.5) is 0 Å². The monoisotopic (exact) mass is 335 g/mol. The smallest absolute Gasteiger partial charge is 0.261 e. The highest BCUT2D eigenvalue weighted by atomic mass is 35.5. The summed E-state index contributed by atoms with van der Waals surface area (Å²) < 4.78 is 0.647. The number of amides is 1. The van der Waals surface area contributed by atoms with Crippen LogP contribution in [0.2, 0.25) is 4.34 Å². The molecule has 2 aromatic rings. The topological polar surface area (TPSA) is 45.2 Å². The van der Waals surface area contributed by atoms with Crippen LogP contribution in [0, 0.1) is 5.92 Å². The first-order valence-electron chi connectivity index (χ1n) is 7.35. The number of nitrogens with one attached hydrogen (secondary N) is 1. The zero-order valence-corrected chi connectivity index (χ0v) is 13.7. The number of hydrogen-bond acceptors (Lipinski definition) is 4. The fourth-order valence-corrected chi connectivity index (χ4v) is 3.69. The SMILES string of the molecule is O=C(NC[C@@H]1CCN(Cc2cccnc2)C1)c1ccc(Cl)s1. The van der Waals surface area contributed by atoms with Gasteiger partial charge in [0, 0.05) is 32.0 Å². The van der Waals surface area contributed by atoms with Gasteiger partial charge in [0.25, 0.3) is 5.91 Å². The van der Waals surface area contributed by atoms with Gasteiger partial charge in [0.1, 0.15) is 0 Å². The molecule has 0 aliphatic carbocycles. The summed E-state index contributed by atoms with van der Waals surface area (Å²) in [5, 5.41) is 3.01. The molecule has 1 aliphatic rings. The molecule has 3 heterocycles. The van der Waals surface area contributed by atoms with E-state index in [1.165, 1.54) is 16.9 Å². The summed E-state index contributed by atoms with van der Waals surface area (Å²) in [6, 6.07) is 7.59. The van der Waals surface area contributed by atoms with E-state index in [0.29, 0.717) is 15.1 Å². The van der Waals surface area contributed by atoms with Crippen molar-refractivity contribution in [1.29, 1.82) is 0 Å². The molecule has 0 saturated carbocycles. The van der Waals surface area contributed by atoms with Crippen molar-refractivity contribution in [3.05, 3.63) is 51.4 Å². The summed E-state index contributed by atoms with van der Waals surface area (Å²) in [4.78, 5) is 19.2. The molecule has 1 aliphatic heterocycles. The average Bonchev–Trinajstić information content (AvgIpc) is 3.15. The third kappa shape index (κ3) is 4.06. The van der Waals surface area contributed by atoms with E-state index in [1.54, 1.807) is 18.3 Å². The first-order chi connectivity index (χ1) is 10.7. The minimum absolute atomic E-state index is 0.0254. The van der Waals surface area contributed by atoms with Crippen molar-refractivity contribution in [3.63, 3.8) is 0 Å². The fourth-order valence-electron chi connectivity index (χ4n) is 2.73. The van der Waals surface area contributed by atoms with Crippen molar-refractivity contribution in [2.75, 3.05) is 19.6 Å². The molecule has 0 aromatic carbocycles. The van der Waals surface area contributed by atoms with Crippen LogP contribution in [0.15, 0.2) is 36.7 Å². The highest BCUT2D eigenvalue weighted by Gasteiger charge is 2.23. The Bertz CT molecular complexity index is 631. The van der Waals surface area contributed by atoms with Crippen molar-refractivity contribution in [1.82, 2.24) is 15.2 Å². The zero-order valence-electron chi connectivity index (χ0n) is 12.2. The molecule has 0 bridgehead atoms. The van der Waals surface area contributed by atoms with Crippen LogP contribution in [-0.4, -0.2) is 35.4 Å². The van der Waals surface area contributed by atoms with Gasteiger partial charge in [0.15, 0.2) is 0 Å². The van der Waals surface area contributed by atoms with Gasteiger partial charge in [-0.3, -0.25) is 14.7 Å². The van der Waals surface area contributed by atoms with Crippen molar-refractivity contribution in [2.45, 2.75) is 13.0 Å². The first kappa shape index (κ1) is 15.5. The van der Waals surface area contributed by atoms with Gasteiger partial charge in [0.05, 0.1) is 9.21 Å². The van der Waals surface area contributed by atoms with Crippen LogP contribution in [0.5, 0.6) is 0 Å². The van der Waals surface area contributed by atoms with E-state index >= 15 is 0 Å². The van der Waals surface area contributed by atoms with Crippen LogP contribution < -0.4 is 5.32 Å². The number of thiophene rings is 1. The molecule has 0 radical (unpaired) electrons. The number of likely N-dealkylation sites (tertiary alicyclic amines) is 1. The third-order valence-corrected chi connectivity index (χ3v) is 5.08. The molecule has 1 N–H and O–H groups in total. The predicted molar refractivity (Wildman–Crippen MR) is 89.3 cm³/mol. The molecular formula is C16H18ClN3OS. The number of pyridine rings is 1. The minimum Gasteiger partial charge on any atom is -0.351 e. The van der Waals surface area contributed by atoms with Gasteiger partial charge in [-0.2, -0.15) is 0 Å². The second-order valence-corrected chi connectivity index (χ2v) is 7.28. The first-order valence-corrected chi connectivity index (χ1v) is 8.55. The summed E-state index contributed by atoms with van der Waals surface area (Å²) in [6.07, 6.45) is 4.82. The third-order valence-electron chi connectivity index (χ3n) is 3.85. The van der Waals surface area contributed by atoms with Gasteiger partial charge >= 0.3 is 0 Å². The number of hydrogen-bond donors (Lipinski definition) is 1.